The lowest BCUT2D eigenvalue weighted by molar-refractivity contribution is -0.119. The van der Waals surface area contributed by atoms with Gasteiger partial charge in [-0.15, -0.1) is 0 Å². The predicted molar refractivity (Wildman–Crippen MR) is 91.4 cm³/mol. The van der Waals surface area contributed by atoms with Crippen LogP contribution in [0.4, 0.5) is 10.1 Å². The molecule has 8 heteroatoms. The average Bonchev–Trinajstić information content (AvgIpc) is 2.65. The molecule has 0 radical (unpaired) electrons. The number of ether oxygens (including phenoxy) is 4. The fraction of sp³-hybridized carbons (Fsp3) is 0.222. The molecule has 0 saturated carbocycles. The normalized spacial score (nSPS) is 10.0. The Morgan fingerprint density at radius 1 is 1.00 bits per heavy atom. The Labute approximate surface area is 149 Å². The zero-order valence-electron chi connectivity index (χ0n) is 14.5. The van der Waals surface area contributed by atoms with Crippen molar-refractivity contribution in [1.82, 2.24) is 0 Å². The minimum Gasteiger partial charge on any atom is -0.494 e. The molecule has 2 aromatic rings. The third-order valence-corrected chi connectivity index (χ3v) is 3.39. The lowest BCUT2D eigenvalue weighted by Gasteiger charge is -2.12. The molecule has 2 aromatic carbocycles. The molecule has 0 heterocycles. The van der Waals surface area contributed by atoms with E-state index < -0.39 is 24.3 Å². The van der Waals surface area contributed by atoms with E-state index in [0.29, 0.717) is 5.75 Å². The number of hydrogen-bond donors (Lipinski definition) is 1. The summed E-state index contributed by atoms with van der Waals surface area (Å²) in [6, 6.07) is 8.65. The zero-order valence-corrected chi connectivity index (χ0v) is 14.5. The van der Waals surface area contributed by atoms with Gasteiger partial charge in [0.1, 0.15) is 5.56 Å². The number of benzene rings is 2. The zero-order chi connectivity index (χ0) is 19.1. The summed E-state index contributed by atoms with van der Waals surface area (Å²) in [5.74, 6) is -1.37. The highest BCUT2D eigenvalue weighted by atomic mass is 19.1. The quantitative estimate of drug-likeness (QED) is 0.762. The summed E-state index contributed by atoms with van der Waals surface area (Å²) >= 11 is 0. The number of hydrogen-bond acceptors (Lipinski definition) is 6. The molecule has 0 bridgehead atoms. The second kappa shape index (κ2) is 8.70. The smallest absolute Gasteiger partial charge is 0.342 e. The molecule has 0 spiro atoms. The molecule has 0 saturated heterocycles. The first kappa shape index (κ1) is 19.0. The largest absolute Gasteiger partial charge is 0.494 e. The SMILES string of the molecule is COc1ccc(NC(=O)COC(=O)c2cccc(OC)c2OC)cc1F. The molecule has 1 amide bonds. The number of nitrogens with one attached hydrogen (secondary N) is 1. The third-order valence-electron chi connectivity index (χ3n) is 3.39. The van der Waals surface area contributed by atoms with Crippen LogP contribution in [0.1, 0.15) is 10.4 Å². The highest BCUT2D eigenvalue weighted by molar-refractivity contribution is 5.97. The Kier molecular flexibility index (Phi) is 6.37. The van der Waals surface area contributed by atoms with Crippen molar-refractivity contribution in [3.8, 4) is 17.2 Å². The van der Waals surface area contributed by atoms with Crippen LogP contribution in [0.3, 0.4) is 0 Å². The van der Waals surface area contributed by atoms with Gasteiger partial charge in [0.25, 0.3) is 5.91 Å². The molecule has 26 heavy (non-hydrogen) atoms. The molecule has 0 atom stereocenters. The number of rotatable bonds is 7. The molecule has 1 N–H and O–H groups in total. The Balaban J connectivity index is 1.99. The Bertz CT molecular complexity index is 808. The number of carbonyl (C=O) groups is 2. The highest BCUT2D eigenvalue weighted by Gasteiger charge is 2.18. The van der Waals surface area contributed by atoms with Crippen molar-refractivity contribution in [3.63, 3.8) is 0 Å². The van der Waals surface area contributed by atoms with Gasteiger partial charge in [-0.05, 0) is 24.3 Å². The molecule has 7 nitrogen and oxygen atoms in total. The van der Waals surface area contributed by atoms with Gasteiger partial charge in [-0.3, -0.25) is 4.79 Å². The van der Waals surface area contributed by atoms with Gasteiger partial charge in [0.15, 0.2) is 29.7 Å². The van der Waals surface area contributed by atoms with E-state index in [2.05, 4.69) is 5.32 Å². The summed E-state index contributed by atoms with van der Waals surface area (Å²) in [6.07, 6.45) is 0. The third kappa shape index (κ3) is 4.41. The predicted octanol–water partition coefficient (Wildman–Crippen LogP) is 2.65. The van der Waals surface area contributed by atoms with Crippen molar-refractivity contribution in [2.24, 2.45) is 0 Å². The van der Waals surface area contributed by atoms with Crippen molar-refractivity contribution in [2.75, 3.05) is 33.3 Å². The standard InChI is InChI=1S/C18H18FNO6/c1-23-14-8-7-11(9-13(14)19)20-16(21)10-26-18(22)12-5-4-6-15(24-2)17(12)25-3/h4-9H,10H2,1-3H3,(H,20,21). The highest BCUT2D eigenvalue weighted by Crippen LogP contribution is 2.31. The first-order chi connectivity index (χ1) is 12.5. The fourth-order valence-corrected chi connectivity index (χ4v) is 2.20. The van der Waals surface area contributed by atoms with Gasteiger partial charge in [-0.1, -0.05) is 6.07 Å². The van der Waals surface area contributed by atoms with Gasteiger partial charge >= 0.3 is 5.97 Å². The summed E-state index contributed by atoms with van der Waals surface area (Å²) in [5.41, 5.74) is 0.332. The molecule has 0 fully saturated rings. The molecule has 0 aliphatic carbocycles. The van der Waals surface area contributed by atoms with Crippen LogP contribution < -0.4 is 19.5 Å². The Morgan fingerprint density at radius 2 is 1.73 bits per heavy atom. The number of methoxy groups -OCH3 is 3. The maximum Gasteiger partial charge on any atom is 0.342 e. The molecule has 2 rings (SSSR count). The first-order valence-electron chi connectivity index (χ1n) is 7.51. The van der Waals surface area contributed by atoms with E-state index in [1.54, 1.807) is 12.1 Å². The van der Waals surface area contributed by atoms with Gasteiger partial charge in [0, 0.05) is 11.8 Å². The lowest BCUT2D eigenvalue weighted by Crippen LogP contribution is -2.21. The van der Waals surface area contributed by atoms with E-state index in [9.17, 15) is 14.0 Å². The average molecular weight is 363 g/mol. The Morgan fingerprint density at radius 3 is 2.35 bits per heavy atom. The van der Waals surface area contributed by atoms with Crippen molar-refractivity contribution in [1.29, 1.82) is 0 Å². The van der Waals surface area contributed by atoms with E-state index in [1.165, 1.54) is 39.5 Å². The summed E-state index contributed by atoms with van der Waals surface area (Å²) in [6.45, 7) is -0.549. The minimum atomic E-state index is -0.753. The van der Waals surface area contributed by atoms with Crippen LogP contribution in [0.5, 0.6) is 17.2 Å². The number of anilines is 1. The van der Waals surface area contributed by atoms with Crippen LogP contribution in [0.2, 0.25) is 0 Å². The van der Waals surface area contributed by atoms with Crippen molar-refractivity contribution >= 4 is 17.6 Å². The van der Waals surface area contributed by atoms with E-state index in [-0.39, 0.29) is 22.7 Å². The van der Waals surface area contributed by atoms with E-state index in [0.717, 1.165) is 6.07 Å². The van der Waals surface area contributed by atoms with Gasteiger partial charge in [-0.25, -0.2) is 9.18 Å². The summed E-state index contributed by atoms with van der Waals surface area (Å²) in [7, 11) is 4.16. The summed E-state index contributed by atoms with van der Waals surface area (Å²) in [5, 5.41) is 2.42. The second-order valence-electron chi connectivity index (χ2n) is 5.01. The first-order valence-corrected chi connectivity index (χ1v) is 7.51. The molecular formula is C18H18FNO6. The van der Waals surface area contributed by atoms with E-state index in [1.807, 2.05) is 0 Å². The maximum atomic E-state index is 13.6. The molecule has 0 unspecified atom stereocenters. The van der Waals surface area contributed by atoms with Gasteiger partial charge in [0.2, 0.25) is 0 Å². The monoisotopic (exact) mass is 363 g/mol. The maximum absolute atomic E-state index is 13.6. The lowest BCUT2D eigenvalue weighted by atomic mass is 10.2. The van der Waals surface area contributed by atoms with E-state index in [4.69, 9.17) is 18.9 Å². The Hall–Kier alpha value is -3.29. The van der Waals surface area contributed by atoms with E-state index >= 15 is 0 Å². The number of amides is 1. The van der Waals surface area contributed by atoms with Crippen LogP contribution in [0.25, 0.3) is 0 Å². The number of para-hydroxylation sites is 1. The second-order valence-corrected chi connectivity index (χ2v) is 5.01. The van der Waals surface area contributed by atoms with Crippen molar-refractivity contribution in [2.45, 2.75) is 0 Å². The molecular weight excluding hydrogens is 345 g/mol. The van der Waals surface area contributed by atoms with Crippen LogP contribution in [-0.4, -0.2) is 39.8 Å². The van der Waals surface area contributed by atoms with Crippen LogP contribution in [0.15, 0.2) is 36.4 Å². The van der Waals surface area contributed by atoms with Gasteiger partial charge in [0.05, 0.1) is 21.3 Å². The molecule has 138 valence electrons. The number of carbonyl (C=O) groups excluding carboxylic acids is 2. The van der Waals surface area contributed by atoms with Crippen LogP contribution >= 0.6 is 0 Å². The molecule has 0 aliphatic heterocycles. The summed E-state index contributed by atoms with van der Waals surface area (Å²) in [4.78, 5) is 24.1. The van der Waals surface area contributed by atoms with Crippen LogP contribution in [-0.2, 0) is 9.53 Å². The summed E-state index contributed by atoms with van der Waals surface area (Å²) < 4.78 is 33.6. The van der Waals surface area contributed by atoms with Crippen molar-refractivity contribution in [3.05, 3.63) is 47.8 Å². The fourth-order valence-electron chi connectivity index (χ4n) is 2.20. The number of halogens is 1. The topological polar surface area (TPSA) is 83.1 Å². The molecule has 0 aliphatic rings. The molecule has 0 aromatic heterocycles. The van der Waals surface area contributed by atoms with Gasteiger partial charge in [-0.2, -0.15) is 0 Å². The van der Waals surface area contributed by atoms with Gasteiger partial charge < -0.3 is 24.3 Å². The van der Waals surface area contributed by atoms with Crippen molar-refractivity contribution < 1.29 is 32.9 Å². The van der Waals surface area contributed by atoms with Crippen LogP contribution in [0, 0.1) is 5.82 Å². The number of esters is 1. The minimum absolute atomic E-state index is 0.0551.